The molecule has 4 heteroatoms. The highest BCUT2D eigenvalue weighted by Crippen LogP contribution is 2.43. The van der Waals surface area contributed by atoms with Crippen molar-refractivity contribution < 1.29 is 13.3 Å². The van der Waals surface area contributed by atoms with Crippen molar-refractivity contribution in [1.82, 2.24) is 0 Å². The quantitative estimate of drug-likeness (QED) is 0.178. The summed E-state index contributed by atoms with van der Waals surface area (Å²) in [4.78, 5) is 2.32. The van der Waals surface area contributed by atoms with Crippen LogP contribution in [0.5, 0.6) is 0 Å². The molecule has 0 spiro atoms. The van der Waals surface area contributed by atoms with E-state index in [9.17, 15) is 0 Å². The number of benzene rings is 9. The van der Waals surface area contributed by atoms with Gasteiger partial charge in [-0.15, -0.1) is 0 Å². The molecule has 9 aromatic carbocycles. The number of fused-ring (bicyclic) bond motifs is 11. The van der Waals surface area contributed by atoms with Gasteiger partial charge >= 0.3 is 0 Å². The highest BCUT2D eigenvalue weighted by molar-refractivity contribution is 6.19. The van der Waals surface area contributed by atoms with Crippen LogP contribution in [-0.4, -0.2) is 0 Å². The van der Waals surface area contributed by atoms with E-state index in [0.29, 0.717) is 0 Å². The molecule has 0 fully saturated rings. The van der Waals surface area contributed by atoms with Crippen molar-refractivity contribution in [2.75, 3.05) is 4.90 Å². The summed E-state index contributed by atoms with van der Waals surface area (Å²) < 4.78 is 19.2. The van der Waals surface area contributed by atoms with Crippen LogP contribution in [0.3, 0.4) is 0 Å². The van der Waals surface area contributed by atoms with E-state index in [1.54, 1.807) is 0 Å². The molecule has 4 nitrogen and oxygen atoms in total. The van der Waals surface area contributed by atoms with Gasteiger partial charge in [-0.3, -0.25) is 0 Å². The van der Waals surface area contributed by atoms with Crippen LogP contribution in [0.15, 0.2) is 201 Å². The van der Waals surface area contributed by atoms with Crippen molar-refractivity contribution in [2.45, 2.75) is 0 Å². The van der Waals surface area contributed by atoms with Crippen LogP contribution in [0, 0.1) is 0 Å². The van der Waals surface area contributed by atoms with Crippen LogP contribution in [0.2, 0.25) is 0 Å². The predicted octanol–water partition coefficient (Wildman–Crippen LogP) is 15.3. The van der Waals surface area contributed by atoms with E-state index in [1.165, 1.54) is 5.39 Å². The lowest BCUT2D eigenvalue weighted by Gasteiger charge is -2.26. The lowest BCUT2D eigenvalue weighted by molar-refractivity contribution is 0.669. The van der Waals surface area contributed by atoms with Crippen LogP contribution >= 0.6 is 0 Å². The van der Waals surface area contributed by atoms with Crippen LogP contribution in [0.1, 0.15) is 0 Å². The zero-order chi connectivity index (χ0) is 36.7. The van der Waals surface area contributed by atoms with Crippen LogP contribution < -0.4 is 4.90 Å². The largest absolute Gasteiger partial charge is 0.456 e. The van der Waals surface area contributed by atoms with Crippen LogP contribution in [-0.2, 0) is 0 Å². The van der Waals surface area contributed by atoms with Gasteiger partial charge in [-0.25, -0.2) is 0 Å². The molecule has 0 radical (unpaired) electrons. The number of hydrogen-bond acceptors (Lipinski definition) is 4. The Labute approximate surface area is 321 Å². The van der Waals surface area contributed by atoms with Crippen molar-refractivity contribution in [3.05, 3.63) is 188 Å². The molecule has 0 unspecified atom stereocenters. The summed E-state index contributed by atoms with van der Waals surface area (Å²) in [6.07, 6.45) is 0. The van der Waals surface area contributed by atoms with E-state index in [1.807, 2.05) is 24.3 Å². The van der Waals surface area contributed by atoms with Crippen LogP contribution in [0.4, 0.5) is 17.1 Å². The Morgan fingerprint density at radius 3 is 1.64 bits per heavy atom. The minimum atomic E-state index is 0.868. The fourth-order valence-corrected chi connectivity index (χ4v) is 8.65. The molecule has 0 aliphatic carbocycles. The van der Waals surface area contributed by atoms with Gasteiger partial charge in [0.25, 0.3) is 0 Å². The number of para-hydroxylation sites is 3. The molecular formula is C52H31NO3. The second-order valence-corrected chi connectivity index (χ2v) is 14.4. The molecule has 3 aromatic heterocycles. The van der Waals surface area contributed by atoms with Gasteiger partial charge in [0.2, 0.25) is 0 Å². The molecule has 3 heterocycles. The van der Waals surface area contributed by atoms with E-state index >= 15 is 0 Å². The second-order valence-electron chi connectivity index (χ2n) is 14.4. The first-order valence-electron chi connectivity index (χ1n) is 18.9. The third kappa shape index (κ3) is 4.66. The lowest BCUT2D eigenvalue weighted by Crippen LogP contribution is -2.09. The number of anilines is 3. The Hall–Kier alpha value is -7.56. The summed E-state index contributed by atoms with van der Waals surface area (Å²) in [6, 6.07) is 66.1. The van der Waals surface area contributed by atoms with E-state index in [2.05, 4.69) is 169 Å². The zero-order valence-electron chi connectivity index (χ0n) is 30.1. The average molecular weight is 718 g/mol. The fraction of sp³-hybridized carbons (Fsp3) is 0. The first-order valence-corrected chi connectivity index (χ1v) is 18.9. The standard InChI is InChI=1S/C52H31NO3/c1-2-10-39-32(9-1)23-29-44-50-38(13-8-18-49(50)56-52(39)44)33-19-24-35(25-20-33)53(37-28-30-48-45(31-37)42-12-4-5-16-46(42)54-48)36-26-21-34(22-27-36)40-14-7-15-43-41-11-3-6-17-47(41)55-51(40)43/h1-31H. The molecule has 0 aliphatic heterocycles. The SMILES string of the molecule is c1ccc2c(c1)ccc1c2oc2cccc(-c3ccc(N(c4ccc(-c5cccc6c5oc5ccccc56)cc4)c4ccc5oc6ccccc6c5c4)cc3)c21. The van der Waals surface area contributed by atoms with Gasteiger partial charge in [0.05, 0.1) is 0 Å². The molecule has 12 aromatic rings. The summed E-state index contributed by atoms with van der Waals surface area (Å²) in [7, 11) is 0. The van der Waals surface area contributed by atoms with E-state index in [-0.39, 0.29) is 0 Å². The van der Waals surface area contributed by atoms with Gasteiger partial charge in [-0.2, -0.15) is 0 Å². The summed E-state index contributed by atoms with van der Waals surface area (Å²) in [5.41, 5.74) is 12.9. The zero-order valence-corrected chi connectivity index (χ0v) is 30.1. The van der Waals surface area contributed by atoms with Crippen molar-refractivity contribution >= 4 is 93.7 Å². The topological polar surface area (TPSA) is 42.7 Å². The molecular weight excluding hydrogens is 687 g/mol. The minimum Gasteiger partial charge on any atom is -0.456 e. The number of hydrogen-bond donors (Lipinski definition) is 0. The average Bonchev–Trinajstić information content (AvgIpc) is 3.96. The lowest BCUT2D eigenvalue weighted by atomic mass is 9.98. The number of nitrogens with zero attached hydrogens (tertiary/aromatic N) is 1. The van der Waals surface area contributed by atoms with Crippen molar-refractivity contribution in [3.8, 4) is 22.3 Å². The summed E-state index contributed by atoms with van der Waals surface area (Å²) in [6.45, 7) is 0. The maximum atomic E-state index is 6.52. The monoisotopic (exact) mass is 717 g/mol. The molecule has 0 amide bonds. The van der Waals surface area contributed by atoms with E-state index in [4.69, 9.17) is 13.3 Å². The van der Waals surface area contributed by atoms with Gasteiger partial charge in [-0.05, 0) is 88.8 Å². The molecule has 56 heavy (non-hydrogen) atoms. The molecule has 0 atom stereocenters. The highest BCUT2D eigenvalue weighted by Gasteiger charge is 2.19. The first kappa shape index (κ1) is 30.9. The van der Waals surface area contributed by atoms with Crippen molar-refractivity contribution in [1.29, 1.82) is 0 Å². The predicted molar refractivity (Wildman–Crippen MR) is 231 cm³/mol. The minimum absolute atomic E-state index is 0.868. The summed E-state index contributed by atoms with van der Waals surface area (Å²) in [5.74, 6) is 0. The van der Waals surface area contributed by atoms with E-state index < -0.39 is 0 Å². The Morgan fingerprint density at radius 1 is 0.304 bits per heavy atom. The molecule has 0 saturated heterocycles. The maximum Gasteiger partial charge on any atom is 0.143 e. The maximum absolute atomic E-state index is 6.52. The second kappa shape index (κ2) is 12.0. The third-order valence-electron chi connectivity index (χ3n) is 11.3. The molecule has 0 N–H and O–H groups in total. The first-order chi connectivity index (χ1) is 27.7. The Bertz CT molecular complexity index is 3470. The normalized spacial score (nSPS) is 11.9. The number of furan rings is 3. The van der Waals surface area contributed by atoms with Gasteiger partial charge in [0.1, 0.15) is 33.5 Å². The molecule has 0 aliphatic rings. The molecule has 0 saturated carbocycles. The Balaban J connectivity index is 0.991. The Kier molecular flexibility index (Phi) is 6.60. The highest BCUT2D eigenvalue weighted by atomic mass is 16.3. The van der Waals surface area contributed by atoms with Gasteiger partial charge in [0, 0.05) is 60.3 Å². The van der Waals surface area contributed by atoms with Crippen molar-refractivity contribution in [3.63, 3.8) is 0 Å². The fourth-order valence-electron chi connectivity index (χ4n) is 8.65. The van der Waals surface area contributed by atoms with Gasteiger partial charge in [0.15, 0.2) is 0 Å². The molecule has 262 valence electrons. The summed E-state index contributed by atoms with van der Waals surface area (Å²) >= 11 is 0. The summed E-state index contributed by atoms with van der Waals surface area (Å²) in [5, 5.41) is 8.98. The number of rotatable bonds is 5. The van der Waals surface area contributed by atoms with Gasteiger partial charge < -0.3 is 18.2 Å². The van der Waals surface area contributed by atoms with Crippen LogP contribution in [0.25, 0.3) is 98.8 Å². The van der Waals surface area contributed by atoms with E-state index in [0.717, 1.165) is 111 Å². The van der Waals surface area contributed by atoms with Crippen molar-refractivity contribution in [2.24, 2.45) is 0 Å². The molecule has 12 rings (SSSR count). The smallest absolute Gasteiger partial charge is 0.143 e. The van der Waals surface area contributed by atoms with Gasteiger partial charge in [-0.1, -0.05) is 121 Å². The third-order valence-corrected chi connectivity index (χ3v) is 11.3. The molecule has 0 bridgehead atoms. The Morgan fingerprint density at radius 2 is 0.857 bits per heavy atom.